The quantitative estimate of drug-likeness (QED) is 0.217. The molecule has 164 valence electrons. The fraction of sp³-hybridized carbons (Fsp3) is 0.500. The molecule has 0 atom stereocenters. The van der Waals surface area contributed by atoms with Crippen LogP contribution in [0, 0.1) is 0 Å². The number of halogens is 2. The Kier molecular flexibility index (Phi) is 10.4. The molecular formula is C20H28ClIN6O2. The lowest BCUT2D eigenvalue weighted by molar-refractivity contribution is -0.127. The van der Waals surface area contributed by atoms with Crippen LogP contribution in [0.15, 0.2) is 33.8 Å². The van der Waals surface area contributed by atoms with E-state index in [1.807, 2.05) is 24.0 Å². The Morgan fingerprint density at radius 3 is 2.80 bits per heavy atom. The van der Waals surface area contributed by atoms with Crippen LogP contribution in [0.5, 0.6) is 0 Å². The molecular weight excluding hydrogens is 519 g/mol. The Hall–Kier alpha value is -1.88. The third-order valence-electron chi connectivity index (χ3n) is 4.57. The molecule has 1 aromatic heterocycles. The average Bonchev–Trinajstić information content (AvgIpc) is 3.35. The van der Waals surface area contributed by atoms with Crippen molar-refractivity contribution < 1.29 is 9.32 Å². The third kappa shape index (κ3) is 7.42. The summed E-state index contributed by atoms with van der Waals surface area (Å²) >= 11 is 5.91. The number of aromatic nitrogens is 2. The minimum absolute atomic E-state index is 0. The van der Waals surface area contributed by atoms with Crippen LogP contribution >= 0.6 is 35.6 Å². The summed E-state index contributed by atoms with van der Waals surface area (Å²) in [4.78, 5) is 22.5. The summed E-state index contributed by atoms with van der Waals surface area (Å²) in [7, 11) is 0. The first-order chi connectivity index (χ1) is 14.2. The van der Waals surface area contributed by atoms with Crippen LogP contribution in [0.25, 0.3) is 11.4 Å². The first-order valence-corrected chi connectivity index (χ1v) is 10.4. The second-order valence-electron chi connectivity index (χ2n) is 6.79. The molecule has 2 aromatic rings. The van der Waals surface area contributed by atoms with Crippen molar-refractivity contribution in [3.63, 3.8) is 0 Å². The second-order valence-corrected chi connectivity index (χ2v) is 7.23. The zero-order chi connectivity index (χ0) is 20.5. The van der Waals surface area contributed by atoms with Crippen LogP contribution in [0.1, 0.15) is 32.1 Å². The van der Waals surface area contributed by atoms with Crippen molar-refractivity contribution in [2.45, 2.75) is 32.6 Å². The highest BCUT2D eigenvalue weighted by Crippen LogP contribution is 2.18. The number of amides is 1. The van der Waals surface area contributed by atoms with Crippen LogP contribution in [0.2, 0.25) is 5.02 Å². The minimum atomic E-state index is 0. The number of aliphatic imine (C=N–C) groups is 1. The lowest BCUT2D eigenvalue weighted by atomic mass is 10.2. The number of guanidine groups is 1. The standard InChI is InChI=1S/C20H27ClN6O2.HI/c1-2-22-20(23-11-4-14-27-13-3-5-18(27)28)24-12-10-17-25-19(26-29-17)15-6-8-16(21)9-7-15;/h6-9H,2-5,10-14H2,1H3,(H2,22,23,24);1H. The number of rotatable bonds is 9. The number of carbonyl (C=O) groups excluding carboxylic acids is 1. The molecule has 30 heavy (non-hydrogen) atoms. The van der Waals surface area contributed by atoms with E-state index >= 15 is 0 Å². The molecule has 1 aliphatic rings. The van der Waals surface area contributed by atoms with Gasteiger partial charge in [0, 0.05) is 56.2 Å². The van der Waals surface area contributed by atoms with Crippen LogP contribution < -0.4 is 10.6 Å². The fourth-order valence-corrected chi connectivity index (χ4v) is 3.22. The first kappa shape index (κ1) is 24.4. The molecule has 1 amide bonds. The molecule has 0 spiro atoms. The van der Waals surface area contributed by atoms with Crippen LogP contribution in [-0.2, 0) is 11.2 Å². The molecule has 8 nitrogen and oxygen atoms in total. The Balaban J connectivity index is 0.00000320. The molecule has 3 rings (SSSR count). The normalized spacial score (nSPS) is 14.0. The molecule has 0 saturated carbocycles. The number of benzene rings is 1. The predicted molar refractivity (Wildman–Crippen MR) is 128 cm³/mol. The average molecular weight is 547 g/mol. The van der Waals surface area contributed by atoms with E-state index in [9.17, 15) is 4.79 Å². The summed E-state index contributed by atoms with van der Waals surface area (Å²) in [5, 5.41) is 11.2. The number of nitrogens with zero attached hydrogens (tertiary/aromatic N) is 4. The van der Waals surface area contributed by atoms with Crippen molar-refractivity contribution in [2.24, 2.45) is 4.99 Å². The van der Waals surface area contributed by atoms with Gasteiger partial charge < -0.3 is 20.1 Å². The number of nitrogens with one attached hydrogen (secondary N) is 2. The first-order valence-electron chi connectivity index (χ1n) is 10.0. The third-order valence-corrected chi connectivity index (χ3v) is 4.83. The topological polar surface area (TPSA) is 95.7 Å². The molecule has 1 fully saturated rings. The van der Waals surface area contributed by atoms with Gasteiger partial charge in [0.2, 0.25) is 17.6 Å². The van der Waals surface area contributed by atoms with Crippen molar-refractivity contribution in [1.82, 2.24) is 25.7 Å². The van der Waals surface area contributed by atoms with E-state index in [1.54, 1.807) is 12.1 Å². The number of likely N-dealkylation sites (tertiary alicyclic amines) is 1. The molecule has 2 heterocycles. The molecule has 1 aliphatic heterocycles. The summed E-state index contributed by atoms with van der Waals surface area (Å²) < 4.78 is 5.32. The van der Waals surface area contributed by atoms with Gasteiger partial charge in [0.15, 0.2) is 5.96 Å². The maximum Gasteiger partial charge on any atom is 0.228 e. The van der Waals surface area contributed by atoms with E-state index in [2.05, 4.69) is 25.8 Å². The maximum absolute atomic E-state index is 11.6. The highest BCUT2D eigenvalue weighted by molar-refractivity contribution is 14.0. The minimum Gasteiger partial charge on any atom is -0.357 e. The van der Waals surface area contributed by atoms with Crippen LogP contribution in [-0.4, -0.2) is 59.6 Å². The molecule has 0 bridgehead atoms. The molecule has 1 saturated heterocycles. The second kappa shape index (κ2) is 12.7. The highest BCUT2D eigenvalue weighted by atomic mass is 127. The Bertz CT molecular complexity index is 827. The van der Waals surface area contributed by atoms with E-state index in [0.717, 1.165) is 44.0 Å². The number of hydrogen-bond acceptors (Lipinski definition) is 5. The number of carbonyl (C=O) groups is 1. The summed E-state index contributed by atoms with van der Waals surface area (Å²) in [5.41, 5.74) is 0.865. The molecule has 0 aliphatic carbocycles. The van der Waals surface area contributed by atoms with E-state index in [4.69, 9.17) is 16.1 Å². The monoisotopic (exact) mass is 546 g/mol. The lowest BCUT2D eigenvalue weighted by Crippen LogP contribution is -2.38. The van der Waals surface area contributed by atoms with Crippen LogP contribution in [0.3, 0.4) is 0 Å². The van der Waals surface area contributed by atoms with E-state index in [0.29, 0.717) is 42.7 Å². The highest BCUT2D eigenvalue weighted by Gasteiger charge is 2.18. The molecule has 10 heteroatoms. The largest absolute Gasteiger partial charge is 0.357 e. The zero-order valence-corrected chi connectivity index (χ0v) is 20.2. The predicted octanol–water partition coefficient (Wildman–Crippen LogP) is 3.12. The van der Waals surface area contributed by atoms with Crippen molar-refractivity contribution >= 4 is 47.4 Å². The van der Waals surface area contributed by atoms with Gasteiger partial charge in [0.25, 0.3) is 0 Å². The Morgan fingerprint density at radius 1 is 1.30 bits per heavy atom. The summed E-state index contributed by atoms with van der Waals surface area (Å²) in [5.74, 6) is 2.12. The van der Waals surface area contributed by atoms with Gasteiger partial charge in [-0.15, -0.1) is 24.0 Å². The van der Waals surface area contributed by atoms with Gasteiger partial charge >= 0.3 is 0 Å². The summed E-state index contributed by atoms with van der Waals surface area (Å²) in [6.07, 6.45) is 3.11. The van der Waals surface area contributed by atoms with Crippen molar-refractivity contribution in [3.8, 4) is 11.4 Å². The Labute approximate surface area is 198 Å². The van der Waals surface area contributed by atoms with Crippen molar-refractivity contribution in [2.75, 3.05) is 32.7 Å². The van der Waals surface area contributed by atoms with Gasteiger partial charge in [-0.2, -0.15) is 4.98 Å². The lowest BCUT2D eigenvalue weighted by Gasteiger charge is -2.15. The smallest absolute Gasteiger partial charge is 0.228 e. The van der Waals surface area contributed by atoms with Gasteiger partial charge in [-0.1, -0.05) is 16.8 Å². The summed E-state index contributed by atoms with van der Waals surface area (Å²) in [6.45, 7) is 5.74. The summed E-state index contributed by atoms with van der Waals surface area (Å²) in [6, 6.07) is 7.32. The van der Waals surface area contributed by atoms with Crippen LogP contribution in [0.4, 0.5) is 0 Å². The van der Waals surface area contributed by atoms with Crippen molar-refractivity contribution in [1.29, 1.82) is 0 Å². The van der Waals surface area contributed by atoms with Crippen molar-refractivity contribution in [3.05, 3.63) is 35.2 Å². The molecule has 0 radical (unpaired) electrons. The molecule has 2 N–H and O–H groups in total. The van der Waals surface area contributed by atoms with E-state index < -0.39 is 0 Å². The molecule has 0 unspecified atom stereocenters. The fourth-order valence-electron chi connectivity index (χ4n) is 3.10. The number of hydrogen-bond donors (Lipinski definition) is 2. The van der Waals surface area contributed by atoms with Gasteiger partial charge in [-0.25, -0.2) is 0 Å². The van der Waals surface area contributed by atoms with Gasteiger partial charge in [0.05, 0.1) is 0 Å². The Morgan fingerprint density at radius 2 is 2.10 bits per heavy atom. The van der Waals surface area contributed by atoms with E-state index in [1.165, 1.54) is 0 Å². The zero-order valence-electron chi connectivity index (χ0n) is 17.1. The maximum atomic E-state index is 11.6. The van der Waals surface area contributed by atoms with Gasteiger partial charge in [-0.3, -0.25) is 9.79 Å². The van der Waals surface area contributed by atoms with E-state index in [-0.39, 0.29) is 29.9 Å². The van der Waals surface area contributed by atoms with Gasteiger partial charge in [0.1, 0.15) is 0 Å². The van der Waals surface area contributed by atoms with Gasteiger partial charge in [-0.05, 0) is 44.0 Å². The SMILES string of the molecule is CCNC(=NCCCN1CCCC1=O)NCCc1nc(-c2ccc(Cl)cc2)no1.I. The molecule has 1 aromatic carbocycles.